The molecule has 0 radical (unpaired) electrons. The molecule has 0 aromatic carbocycles. The minimum absolute atomic E-state index is 0.123. The number of aliphatic hydroxyl groups excluding tert-OH is 1. The summed E-state index contributed by atoms with van der Waals surface area (Å²) in [7, 11) is 0. The van der Waals surface area contributed by atoms with Crippen LogP contribution in [-0.2, 0) is 6.61 Å². The van der Waals surface area contributed by atoms with E-state index in [4.69, 9.17) is 5.11 Å². The zero-order valence-corrected chi connectivity index (χ0v) is 9.44. The van der Waals surface area contributed by atoms with Gasteiger partial charge < -0.3 is 5.11 Å². The van der Waals surface area contributed by atoms with Crippen molar-refractivity contribution in [2.45, 2.75) is 13.0 Å². The van der Waals surface area contributed by atoms with Crippen molar-refractivity contribution in [2.75, 3.05) is 0 Å². The van der Waals surface area contributed by atoms with E-state index in [9.17, 15) is 8.78 Å². The van der Waals surface area contributed by atoms with E-state index < -0.39 is 18.7 Å². The summed E-state index contributed by atoms with van der Waals surface area (Å²) in [5.74, 6) is 0. The molecule has 2 nitrogen and oxygen atoms in total. The van der Waals surface area contributed by atoms with Crippen molar-refractivity contribution in [3.8, 4) is 0 Å². The number of pyridine rings is 1. The molecule has 0 unspecified atom stereocenters. The highest BCUT2D eigenvalue weighted by molar-refractivity contribution is 9.11. The Morgan fingerprint density at radius 3 is 2.54 bits per heavy atom. The first-order chi connectivity index (χ1) is 6.06. The van der Waals surface area contributed by atoms with Gasteiger partial charge in [-0.2, -0.15) is 0 Å². The maximum Gasteiger partial charge on any atom is 0.280 e. The molecule has 6 heteroatoms. The Hall–Kier alpha value is -0.0700. The Bertz CT molecular complexity index is 320. The van der Waals surface area contributed by atoms with E-state index in [2.05, 4.69) is 36.8 Å². The molecule has 1 rings (SSSR count). The predicted molar refractivity (Wildman–Crippen MR) is 50.5 cm³/mol. The molecule has 0 aliphatic carbocycles. The lowest BCUT2D eigenvalue weighted by molar-refractivity contribution is 0.141. The van der Waals surface area contributed by atoms with Crippen LogP contribution in [0.4, 0.5) is 8.78 Å². The van der Waals surface area contributed by atoms with Crippen molar-refractivity contribution >= 4 is 31.9 Å². The molecular formula is C7H5Br2F2NO. The van der Waals surface area contributed by atoms with Crippen molar-refractivity contribution in [2.24, 2.45) is 0 Å². The van der Waals surface area contributed by atoms with Gasteiger partial charge >= 0.3 is 0 Å². The first kappa shape index (κ1) is 11.0. The second-order valence-corrected chi connectivity index (χ2v) is 3.92. The van der Waals surface area contributed by atoms with Crippen LogP contribution in [0.25, 0.3) is 0 Å². The van der Waals surface area contributed by atoms with Crippen LogP contribution in [-0.4, -0.2) is 10.1 Å². The molecular weight excluding hydrogens is 312 g/mol. The van der Waals surface area contributed by atoms with E-state index in [1.54, 1.807) is 0 Å². The van der Waals surface area contributed by atoms with Crippen LogP contribution >= 0.6 is 31.9 Å². The van der Waals surface area contributed by atoms with Gasteiger partial charge in [-0.15, -0.1) is 0 Å². The van der Waals surface area contributed by atoms with E-state index >= 15 is 0 Å². The van der Waals surface area contributed by atoms with E-state index in [1.807, 2.05) is 0 Å². The zero-order chi connectivity index (χ0) is 10.0. The molecule has 0 atom stereocenters. The highest BCUT2D eigenvalue weighted by atomic mass is 79.9. The molecule has 1 aromatic heterocycles. The lowest BCUT2D eigenvalue weighted by Crippen LogP contribution is -2.00. The lowest BCUT2D eigenvalue weighted by atomic mass is 10.2. The summed E-state index contributed by atoms with van der Waals surface area (Å²) >= 11 is 6.05. The zero-order valence-electron chi connectivity index (χ0n) is 6.27. The third-order valence-corrected chi connectivity index (χ3v) is 2.55. The molecule has 1 heterocycles. The molecule has 0 saturated heterocycles. The summed E-state index contributed by atoms with van der Waals surface area (Å²) in [5.41, 5.74) is -0.276. The number of halogens is 4. The smallest absolute Gasteiger partial charge is 0.280 e. The number of aliphatic hydroxyl groups is 1. The second-order valence-electron chi connectivity index (χ2n) is 2.25. The monoisotopic (exact) mass is 315 g/mol. The Balaban J connectivity index is 3.29. The Morgan fingerprint density at radius 1 is 1.46 bits per heavy atom. The van der Waals surface area contributed by atoms with Crippen LogP contribution in [0.5, 0.6) is 0 Å². The van der Waals surface area contributed by atoms with Crippen molar-refractivity contribution in [3.63, 3.8) is 0 Å². The molecule has 13 heavy (non-hydrogen) atoms. The van der Waals surface area contributed by atoms with Gasteiger partial charge in [0.2, 0.25) is 0 Å². The van der Waals surface area contributed by atoms with E-state index in [-0.39, 0.29) is 5.56 Å². The Morgan fingerprint density at radius 2 is 2.08 bits per heavy atom. The van der Waals surface area contributed by atoms with E-state index in [0.717, 1.165) is 0 Å². The summed E-state index contributed by atoms with van der Waals surface area (Å²) in [6.07, 6.45) is -2.68. The maximum absolute atomic E-state index is 12.4. The number of rotatable bonds is 2. The van der Waals surface area contributed by atoms with Crippen molar-refractivity contribution in [1.82, 2.24) is 4.98 Å². The number of alkyl halides is 2. The van der Waals surface area contributed by atoms with Gasteiger partial charge in [0, 0.05) is 10.0 Å². The van der Waals surface area contributed by atoms with Gasteiger partial charge in [-0.1, -0.05) is 15.9 Å². The highest BCUT2D eigenvalue weighted by Crippen LogP contribution is 2.29. The fourth-order valence-corrected chi connectivity index (χ4v) is 2.14. The number of aromatic nitrogens is 1. The SMILES string of the molecule is OCc1c(Br)cc(Br)nc1C(F)F. The third kappa shape index (κ3) is 2.45. The van der Waals surface area contributed by atoms with Crippen LogP contribution in [0, 0.1) is 0 Å². The standard InChI is InChI=1S/C7H5Br2F2NO/c8-4-1-5(9)12-6(7(10)11)3(4)2-13/h1,7,13H,2H2. The van der Waals surface area contributed by atoms with Gasteiger partial charge in [0.1, 0.15) is 10.3 Å². The van der Waals surface area contributed by atoms with Crippen LogP contribution in [0.15, 0.2) is 15.1 Å². The van der Waals surface area contributed by atoms with Crippen LogP contribution in [0.3, 0.4) is 0 Å². The summed E-state index contributed by atoms with van der Waals surface area (Å²) in [5, 5.41) is 8.82. The van der Waals surface area contributed by atoms with Crippen molar-refractivity contribution in [3.05, 3.63) is 26.4 Å². The van der Waals surface area contributed by atoms with Gasteiger partial charge in [0.05, 0.1) is 6.61 Å². The normalized spacial score (nSPS) is 10.9. The van der Waals surface area contributed by atoms with Gasteiger partial charge in [-0.25, -0.2) is 13.8 Å². The second kappa shape index (κ2) is 4.43. The quantitative estimate of drug-likeness (QED) is 0.851. The molecule has 0 fully saturated rings. The van der Waals surface area contributed by atoms with Gasteiger partial charge in [0.25, 0.3) is 6.43 Å². The Kier molecular flexibility index (Phi) is 3.75. The van der Waals surface area contributed by atoms with Crippen LogP contribution in [0.2, 0.25) is 0 Å². The van der Waals surface area contributed by atoms with Crippen LogP contribution in [0.1, 0.15) is 17.7 Å². The summed E-state index contributed by atoms with van der Waals surface area (Å²) in [4.78, 5) is 3.58. The van der Waals surface area contributed by atoms with Crippen molar-refractivity contribution in [1.29, 1.82) is 0 Å². The summed E-state index contributed by atoms with van der Waals surface area (Å²) in [6, 6.07) is 1.51. The maximum atomic E-state index is 12.4. The minimum Gasteiger partial charge on any atom is -0.392 e. The molecule has 1 N–H and O–H groups in total. The predicted octanol–water partition coefficient (Wildman–Crippen LogP) is 3.04. The molecule has 0 saturated carbocycles. The molecule has 0 aliphatic heterocycles. The van der Waals surface area contributed by atoms with E-state index in [1.165, 1.54) is 6.07 Å². The number of hydrogen-bond acceptors (Lipinski definition) is 2. The fraction of sp³-hybridized carbons (Fsp3) is 0.286. The van der Waals surface area contributed by atoms with Gasteiger partial charge in [-0.3, -0.25) is 0 Å². The molecule has 0 amide bonds. The van der Waals surface area contributed by atoms with Crippen LogP contribution < -0.4 is 0 Å². The topological polar surface area (TPSA) is 33.1 Å². The first-order valence-electron chi connectivity index (χ1n) is 3.30. The van der Waals surface area contributed by atoms with E-state index in [0.29, 0.717) is 9.08 Å². The molecule has 0 spiro atoms. The average molecular weight is 317 g/mol. The summed E-state index contributed by atoms with van der Waals surface area (Å²) < 4.78 is 25.5. The van der Waals surface area contributed by atoms with Gasteiger partial charge in [0.15, 0.2) is 0 Å². The molecule has 72 valence electrons. The number of nitrogens with zero attached hydrogens (tertiary/aromatic N) is 1. The Labute approximate surface area is 90.2 Å². The highest BCUT2D eigenvalue weighted by Gasteiger charge is 2.17. The lowest BCUT2D eigenvalue weighted by Gasteiger charge is -2.07. The molecule has 1 aromatic rings. The third-order valence-electron chi connectivity index (χ3n) is 1.44. The average Bonchev–Trinajstić information content (AvgIpc) is 2.02. The minimum atomic E-state index is -2.68. The molecule has 0 bridgehead atoms. The number of hydrogen-bond donors (Lipinski definition) is 1. The largest absolute Gasteiger partial charge is 0.392 e. The first-order valence-corrected chi connectivity index (χ1v) is 4.88. The summed E-state index contributed by atoms with van der Waals surface area (Å²) in [6.45, 7) is -0.458. The van der Waals surface area contributed by atoms with Crippen molar-refractivity contribution < 1.29 is 13.9 Å². The fourth-order valence-electron chi connectivity index (χ4n) is 0.866. The molecule has 0 aliphatic rings. The van der Waals surface area contributed by atoms with Gasteiger partial charge in [-0.05, 0) is 22.0 Å².